The minimum Gasteiger partial charge on any atom is -0.368 e. The molecule has 0 amide bonds. The van der Waals surface area contributed by atoms with Gasteiger partial charge in [0.1, 0.15) is 5.82 Å². The lowest BCUT2D eigenvalue weighted by Gasteiger charge is -2.56. The van der Waals surface area contributed by atoms with Crippen LogP contribution in [-0.4, -0.2) is 48.1 Å². The summed E-state index contributed by atoms with van der Waals surface area (Å²) < 4.78 is 0. The predicted molar refractivity (Wildman–Crippen MR) is 96.0 cm³/mol. The van der Waals surface area contributed by atoms with Crippen molar-refractivity contribution in [1.29, 1.82) is 0 Å². The highest BCUT2D eigenvalue weighted by Crippen LogP contribution is 2.60. The van der Waals surface area contributed by atoms with Crippen molar-refractivity contribution in [2.45, 2.75) is 43.9 Å². The molecular formula is C19H29N5. The van der Waals surface area contributed by atoms with Crippen molar-refractivity contribution in [2.24, 2.45) is 17.8 Å². The van der Waals surface area contributed by atoms with Gasteiger partial charge in [0, 0.05) is 37.7 Å². The van der Waals surface area contributed by atoms with Gasteiger partial charge in [-0.2, -0.15) is 4.98 Å². The van der Waals surface area contributed by atoms with E-state index in [0.717, 1.165) is 49.8 Å². The van der Waals surface area contributed by atoms with Crippen LogP contribution in [0.4, 0.5) is 11.8 Å². The first kappa shape index (κ1) is 14.9. The quantitative estimate of drug-likeness (QED) is 0.903. The van der Waals surface area contributed by atoms with Crippen LogP contribution in [0.5, 0.6) is 0 Å². The number of likely N-dealkylation sites (N-methyl/N-ethyl adjacent to an activating group) is 1. The summed E-state index contributed by atoms with van der Waals surface area (Å²) in [5.74, 6) is 4.32. The number of rotatable bonds is 2. The van der Waals surface area contributed by atoms with Gasteiger partial charge in [0.05, 0.1) is 5.69 Å². The summed E-state index contributed by atoms with van der Waals surface area (Å²) in [6.45, 7) is 4.26. The van der Waals surface area contributed by atoms with Gasteiger partial charge in [0.2, 0.25) is 5.95 Å². The molecule has 24 heavy (non-hydrogen) atoms. The van der Waals surface area contributed by atoms with E-state index in [1.807, 2.05) is 0 Å². The van der Waals surface area contributed by atoms with Gasteiger partial charge < -0.3 is 15.5 Å². The zero-order valence-corrected chi connectivity index (χ0v) is 14.7. The highest BCUT2D eigenvalue weighted by atomic mass is 15.3. The second-order valence-corrected chi connectivity index (χ2v) is 8.96. The average molecular weight is 327 g/mol. The molecule has 130 valence electrons. The van der Waals surface area contributed by atoms with E-state index in [1.54, 1.807) is 0 Å². The molecule has 0 atom stereocenters. The lowest BCUT2D eigenvalue weighted by molar-refractivity contribution is -0.00717. The van der Waals surface area contributed by atoms with Gasteiger partial charge in [-0.15, -0.1) is 0 Å². The topological polar surface area (TPSA) is 58.3 Å². The molecule has 5 aliphatic rings. The largest absolute Gasteiger partial charge is 0.368 e. The van der Waals surface area contributed by atoms with E-state index in [1.165, 1.54) is 44.2 Å². The molecule has 1 aromatic heterocycles. The Labute approximate surface area is 144 Å². The van der Waals surface area contributed by atoms with Gasteiger partial charge in [0.15, 0.2) is 0 Å². The van der Waals surface area contributed by atoms with Crippen LogP contribution >= 0.6 is 0 Å². The highest BCUT2D eigenvalue weighted by molar-refractivity contribution is 5.46. The third-order valence-electron chi connectivity index (χ3n) is 7.14. The summed E-state index contributed by atoms with van der Waals surface area (Å²) in [7, 11) is 2.19. The fourth-order valence-corrected chi connectivity index (χ4v) is 6.35. The van der Waals surface area contributed by atoms with Crippen LogP contribution in [-0.2, 0) is 5.41 Å². The number of hydrogen-bond acceptors (Lipinski definition) is 5. The Morgan fingerprint density at radius 2 is 1.54 bits per heavy atom. The smallest absolute Gasteiger partial charge is 0.222 e. The Hall–Kier alpha value is -1.36. The Kier molecular flexibility index (Phi) is 3.31. The third-order valence-corrected chi connectivity index (χ3v) is 7.14. The van der Waals surface area contributed by atoms with Crippen LogP contribution in [0.2, 0.25) is 0 Å². The summed E-state index contributed by atoms with van der Waals surface area (Å²) in [5, 5.41) is 0. The lowest BCUT2D eigenvalue weighted by Crippen LogP contribution is -2.49. The Morgan fingerprint density at radius 1 is 0.958 bits per heavy atom. The predicted octanol–water partition coefficient (Wildman–Crippen LogP) is 2.28. The Balaban J connectivity index is 1.48. The number of aromatic nitrogens is 2. The maximum absolute atomic E-state index is 6.15. The maximum atomic E-state index is 6.15. The monoisotopic (exact) mass is 327 g/mol. The zero-order valence-electron chi connectivity index (χ0n) is 14.7. The number of piperazine rings is 1. The van der Waals surface area contributed by atoms with Gasteiger partial charge in [-0.25, -0.2) is 4.98 Å². The maximum Gasteiger partial charge on any atom is 0.222 e. The summed E-state index contributed by atoms with van der Waals surface area (Å²) in [5.41, 5.74) is 7.70. The van der Waals surface area contributed by atoms with Gasteiger partial charge >= 0.3 is 0 Å². The molecule has 5 fully saturated rings. The van der Waals surface area contributed by atoms with Gasteiger partial charge in [-0.3, -0.25) is 0 Å². The standard InChI is InChI=1S/C19H29N5/c1-23-2-4-24(5-3-23)17-9-16(21-18(20)22-17)19-10-13-6-14(11-19)8-15(7-13)12-19/h9,13-15H,2-8,10-12H2,1H3,(H2,20,21,22). The number of nitrogen functional groups attached to an aromatic ring is 1. The van der Waals surface area contributed by atoms with Crippen LogP contribution in [0.25, 0.3) is 0 Å². The van der Waals surface area contributed by atoms with E-state index in [2.05, 4.69) is 27.9 Å². The Bertz CT molecular complexity index is 599. The van der Waals surface area contributed by atoms with Crippen molar-refractivity contribution in [1.82, 2.24) is 14.9 Å². The van der Waals surface area contributed by atoms with Crippen LogP contribution in [0.3, 0.4) is 0 Å². The van der Waals surface area contributed by atoms with E-state index < -0.39 is 0 Å². The molecule has 5 heteroatoms. The van der Waals surface area contributed by atoms with E-state index in [0.29, 0.717) is 11.4 Å². The van der Waals surface area contributed by atoms with Gasteiger partial charge in [0.25, 0.3) is 0 Å². The van der Waals surface area contributed by atoms with Crippen molar-refractivity contribution >= 4 is 11.8 Å². The molecule has 0 spiro atoms. The van der Waals surface area contributed by atoms with E-state index in [9.17, 15) is 0 Å². The molecule has 0 aromatic carbocycles. The molecular weight excluding hydrogens is 298 g/mol. The molecule has 1 aromatic rings. The summed E-state index contributed by atoms with van der Waals surface area (Å²) in [6.07, 6.45) is 8.38. The number of hydrogen-bond donors (Lipinski definition) is 1. The lowest BCUT2D eigenvalue weighted by atomic mass is 9.49. The summed E-state index contributed by atoms with van der Waals surface area (Å²) in [6, 6.07) is 2.29. The molecule has 6 rings (SSSR count). The first-order valence-corrected chi connectivity index (χ1v) is 9.68. The van der Waals surface area contributed by atoms with Crippen LogP contribution in [0.15, 0.2) is 6.07 Å². The molecule has 4 aliphatic carbocycles. The third kappa shape index (κ3) is 2.40. The minimum absolute atomic E-state index is 0.299. The van der Waals surface area contributed by atoms with Crippen molar-refractivity contribution in [3.8, 4) is 0 Å². The van der Waals surface area contributed by atoms with Crippen molar-refractivity contribution in [2.75, 3.05) is 43.9 Å². The average Bonchev–Trinajstić information content (AvgIpc) is 2.54. The number of nitrogens with zero attached hydrogens (tertiary/aromatic N) is 4. The fraction of sp³-hybridized carbons (Fsp3) is 0.789. The van der Waals surface area contributed by atoms with E-state index in [-0.39, 0.29) is 0 Å². The Morgan fingerprint density at radius 3 is 2.12 bits per heavy atom. The molecule has 0 unspecified atom stereocenters. The summed E-state index contributed by atoms with van der Waals surface area (Å²) in [4.78, 5) is 14.1. The second-order valence-electron chi connectivity index (χ2n) is 8.96. The molecule has 2 N–H and O–H groups in total. The number of nitrogens with two attached hydrogens (primary N) is 1. The molecule has 1 saturated heterocycles. The molecule has 2 heterocycles. The van der Waals surface area contributed by atoms with Crippen molar-refractivity contribution in [3.63, 3.8) is 0 Å². The van der Waals surface area contributed by atoms with Crippen LogP contribution < -0.4 is 10.6 Å². The minimum atomic E-state index is 0.299. The molecule has 0 radical (unpaired) electrons. The van der Waals surface area contributed by atoms with Gasteiger partial charge in [-0.05, 0) is 63.3 Å². The van der Waals surface area contributed by atoms with Crippen molar-refractivity contribution < 1.29 is 0 Å². The van der Waals surface area contributed by atoms with E-state index >= 15 is 0 Å². The normalized spacial score (nSPS) is 38.7. The second kappa shape index (κ2) is 5.32. The van der Waals surface area contributed by atoms with Crippen LogP contribution in [0, 0.1) is 17.8 Å². The zero-order chi connectivity index (χ0) is 16.3. The first-order valence-electron chi connectivity index (χ1n) is 9.68. The molecule has 1 aliphatic heterocycles. The summed E-state index contributed by atoms with van der Waals surface area (Å²) >= 11 is 0. The van der Waals surface area contributed by atoms with Crippen LogP contribution in [0.1, 0.15) is 44.2 Å². The number of anilines is 2. The highest BCUT2D eigenvalue weighted by Gasteiger charge is 2.52. The molecule has 5 nitrogen and oxygen atoms in total. The molecule has 4 bridgehead atoms. The van der Waals surface area contributed by atoms with Crippen molar-refractivity contribution in [3.05, 3.63) is 11.8 Å². The van der Waals surface area contributed by atoms with E-state index in [4.69, 9.17) is 10.7 Å². The molecule has 4 saturated carbocycles. The fourth-order valence-electron chi connectivity index (χ4n) is 6.35. The van der Waals surface area contributed by atoms with Gasteiger partial charge in [-0.1, -0.05) is 0 Å². The SMILES string of the molecule is CN1CCN(c2cc(C34CC5CC(CC(C5)C3)C4)nc(N)n2)CC1. The first-order chi connectivity index (χ1) is 11.6.